The van der Waals surface area contributed by atoms with Crippen LogP contribution in [-0.4, -0.2) is 71.5 Å². The number of carboxylic acid groups (broad SMARTS) is 1. The highest BCUT2D eigenvalue weighted by Crippen LogP contribution is 2.68. The summed E-state index contributed by atoms with van der Waals surface area (Å²) in [5.41, 5.74) is 5.45. The van der Waals surface area contributed by atoms with E-state index in [0.29, 0.717) is 24.3 Å². The Morgan fingerprint density at radius 1 is 0.952 bits per heavy atom. The van der Waals surface area contributed by atoms with Crippen molar-refractivity contribution >= 4 is 11.8 Å². The molecule has 4 rings (SSSR count). The molecule has 0 aromatic carbocycles. The third kappa shape index (κ3) is 6.78. The molecule has 0 aromatic heterocycles. The SMILES string of the molecule is CC(C(=O)O)C(=O)CC[C@@H](C)[C@H]1CCC2C3C(CC(O)[C@@]21C)[C@@]1(C)CC[C@H](NCCCNCCCCN)C[C@@H]1C[C@H]3O. The van der Waals surface area contributed by atoms with Crippen LogP contribution in [0.15, 0.2) is 0 Å². The van der Waals surface area contributed by atoms with Crippen molar-refractivity contribution in [1.82, 2.24) is 10.6 Å². The van der Waals surface area contributed by atoms with E-state index >= 15 is 0 Å². The van der Waals surface area contributed by atoms with Gasteiger partial charge in [-0.05, 0) is 150 Å². The number of carboxylic acids is 1. The van der Waals surface area contributed by atoms with E-state index < -0.39 is 18.0 Å². The second kappa shape index (κ2) is 14.4. The van der Waals surface area contributed by atoms with Crippen LogP contribution >= 0.6 is 0 Å². The molecule has 4 aliphatic carbocycles. The lowest BCUT2D eigenvalue weighted by atomic mass is 9.43. The number of nitrogens with two attached hydrogens (primary N) is 1. The van der Waals surface area contributed by atoms with Crippen LogP contribution in [0.25, 0.3) is 0 Å². The minimum Gasteiger partial charge on any atom is -0.481 e. The van der Waals surface area contributed by atoms with Gasteiger partial charge < -0.3 is 31.7 Å². The summed E-state index contributed by atoms with van der Waals surface area (Å²) in [6.45, 7) is 12.2. The van der Waals surface area contributed by atoms with Crippen LogP contribution < -0.4 is 16.4 Å². The number of rotatable bonds is 15. The van der Waals surface area contributed by atoms with Crippen LogP contribution in [0.3, 0.4) is 0 Å². The first kappa shape index (κ1) is 33.8. The quantitative estimate of drug-likeness (QED) is 0.124. The smallest absolute Gasteiger partial charge is 0.313 e. The summed E-state index contributed by atoms with van der Waals surface area (Å²) in [5.74, 6) is -0.403. The lowest BCUT2D eigenvalue weighted by Crippen LogP contribution is -2.62. The first-order valence-electron chi connectivity index (χ1n) is 17.2. The fourth-order valence-electron chi connectivity index (χ4n) is 10.3. The summed E-state index contributed by atoms with van der Waals surface area (Å²) in [4.78, 5) is 23.7. The number of ketones is 1. The Morgan fingerprint density at radius 3 is 2.40 bits per heavy atom. The van der Waals surface area contributed by atoms with Gasteiger partial charge in [0.2, 0.25) is 0 Å². The zero-order valence-electron chi connectivity index (χ0n) is 26.8. The average molecular weight is 592 g/mol. The predicted octanol–water partition coefficient (Wildman–Crippen LogP) is 3.97. The number of fused-ring (bicyclic) bond motifs is 5. The maximum Gasteiger partial charge on any atom is 0.313 e. The van der Waals surface area contributed by atoms with Gasteiger partial charge in [0.05, 0.1) is 12.2 Å². The Labute approximate surface area is 254 Å². The van der Waals surface area contributed by atoms with E-state index in [2.05, 4.69) is 31.4 Å². The molecule has 0 saturated heterocycles. The zero-order chi connectivity index (χ0) is 30.7. The third-order valence-electron chi connectivity index (χ3n) is 13.0. The van der Waals surface area contributed by atoms with E-state index in [1.807, 2.05) is 0 Å². The number of carbonyl (C=O) groups excluding carboxylic acids is 1. The van der Waals surface area contributed by atoms with Gasteiger partial charge in [-0.3, -0.25) is 9.59 Å². The number of aliphatic hydroxyl groups is 2. The van der Waals surface area contributed by atoms with Gasteiger partial charge in [0.25, 0.3) is 0 Å². The molecule has 8 nitrogen and oxygen atoms in total. The van der Waals surface area contributed by atoms with Crippen LogP contribution in [0, 0.1) is 52.3 Å². The van der Waals surface area contributed by atoms with Crippen LogP contribution in [-0.2, 0) is 9.59 Å². The predicted molar refractivity (Wildman–Crippen MR) is 166 cm³/mol. The normalized spacial score (nSPS) is 40.9. The number of Topliss-reactive ketones (excluding diaryl/α,β-unsaturated/α-hetero) is 1. The van der Waals surface area contributed by atoms with Crippen molar-refractivity contribution in [3.63, 3.8) is 0 Å². The number of nitrogens with one attached hydrogen (secondary N) is 2. The van der Waals surface area contributed by atoms with Gasteiger partial charge in [0, 0.05) is 12.5 Å². The fourth-order valence-corrected chi connectivity index (χ4v) is 10.3. The zero-order valence-corrected chi connectivity index (χ0v) is 26.8. The van der Waals surface area contributed by atoms with E-state index in [1.165, 1.54) is 6.92 Å². The lowest BCUT2D eigenvalue weighted by Gasteiger charge is -2.63. The minimum atomic E-state index is -1.06. The summed E-state index contributed by atoms with van der Waals surface area (Å²) < 4.78 is 0. The Balaban J connectivity index is 1.34. The molecule has 12 atom stereocenters. The third-order valence-corrected chi connectivity index (χ3v) is 13.0. The molecule has 0 radical (unpaired) electrons. The molecule has 5 unspecified atom stereocenters. The number of aliphatic hydroxyl groups excluding tert-OH is 2. The van der Waals surface area contributed by atoms with Gasteiger partial charge in [-0.1, -0.05) is 20.8 Å². The number of hydrogen-bond acceptors (Lipinski definition) is 7. The molecule has 0 amide bonds. The monoisotopic (exact) mass is 591 g/mol. The molecule has 8 heteroatoms. The van der Waals surface area contributed by atoms with E-state index in [-0.39, 0.29) is 52.8 Å². The molecule has 0 bridgehead atoms. The van der Waals surface area contributed by atoms with Gasteiger partial charge in [0.1, 0.15) is 11.7 Å². The van der Waals surface area contributed by atoms with Gasteiger partial charge in [-0.25, -0.2) is 0 Å². The molecule has 4 fully saturated rings. The standard InChI is InChI=1S/C34H61N3O5/c1-21(8-11-28(38)22(2)32(41)42)25-9-10-26-31-27(20-30(40)34(25,26)4)33(3)13-12-24(18-23(33)19-29(31)39)37-17-7-16-36-15-6-5-14-35/h21-27,29-31,36-37,39-40H,5-20,35H2,1-4H3,(H,41,42)/t21-,22?,23-,24+,25-,26?,27?,29-,30?,31?,33+,34-/m1/s1. The number of unbranched alkanes of at least 4 members (excludes halogenated alkanes) is 1. The largest absolute Gasteiger partial charge is 0.481 e. The summed E-state index contributed by atoms with van der Waals surface area (Å²) >= 11 is 0. The van der Waals surface area contributed by atoms with Crippen molar-refractivity contribution in [3.8, 4) is 0 Å². The molecule has 7 N–H and O–H groups in total. The molecule has 0 aromatic rings. The second-order valence-corrected chi connectivity index (χ2v) is 15.2. The van der Waals surface area contributed by atoms with Gasteiger partial charge >= 0.3 is 5.97 Å². The molecule has 242 valence electrons. The highest BCUT2D eigenvalue weighted by molar-refractivity contribution is 5.97. The van der Waals surface area contributed by atoms with Gasteiger partial charge in [-0.2, -0.15) is 0 Å². The maximum atomic E-state index is 12.4. The average Bonchev–Trinajstić information content (AvgIpc) is 3.32. The summed E-state index contributed by atoms with van der Waals surface area (Å²) in [7, 11) is 0. The summed E-state index contributed by atoms with van der Waals surface area (Å²) in [5, 5.41) is 40.1. The Bertz CT molecular complexity index is 918. The first-order valence-corrected chi connectivity index (χ1v) is 17.2. The Kier molecular flexibility index (Phi) is 11.6. The molecule has 42 heavy (non-hydrogen) atoms. The van der Waals surface area contributed by atoms with Crippen LogP contribution in [0.2, 0.25) is 0 Å². The van der Waals surface area contributed by atoms with Crippen molar-refractivity contribution in [2.24, 2.45) is 58.0 Å². The highest BCUT2D eigenvalue weighted by Gasteiger charge is 2.65. The molecule has 0 spiro atoms. The molecule has 0 heterocycles. The topological polar surface area (TPSA) is 145 Å². The number of hydrogen-bond donors (Lipinski definition) is 6. The molecule has 4 aliphatic rings. The van der Waals surface area contributed by atoms with Crippen LogP contribution in [0.4, 0.5) is 0 Å². The minimum absolute atomic E-state index is 0.151. The highest BCUT2D eigenvalue weighted by atomic mass is 16.4. The Morgan fingerprint density at radius 2 is 1.69 bits per heavy atom. The van der Waals surface area contributed by atoms with Crippen LogP contribution in [0.5, 0.6) is 0 Å². The number of carbonyl (C=O) groups is 2. The van der Waals surface area contributed by atoms with E-state index in [0.717, 1.165) is 90.4 Å². The van der Waals surface area contributed by atoms with Crippen molar-refractivity contribution in [3.05, 3.63) is 0 Å². The van der Waals surface area contributed by atoms with Crippen molar-refractivity contribution in [2.75, 3.05) is 26.2 Å². The van der Waals surface area contributed by atoms with E-state index in [9.17, 15) is 24.9 Å². The van der Waals surface area contributed by atoms with E-state index in [1.54, 1.807) is 0 Å². The second-order valence-electron chi connectivity index (χ2n) is 15.2. The summed E-state index contributed by atoms with van der Waals surface area (Å²) in [6.07, 6.45) is 10.6. The van der Waals surface area contributed by atoms with Crippen molar-refractivity contribution < 1.29 is 24.9 Å². The molecular formula is C34H61N3O5. The number of aliphatic carboxylic acids is 1. The van der Waals surface area contributed by atoms with Gasteiger partial charge in [0.15, 0.2) is 0 Å². The Hall–Kier alpha value is -1.06. The maximum absolute atomic E-state index is 12.4. The molecule has 4 saturated carbocycles. The van der Waals surface area contributed by atoms with Crippen molar-refractivity contribution in [1.29, 1.82) is 0 Å². The van der Waals surface area contributed by atoms with E-state index in [4.69, 9.17) is 5.73 Å². The van der Waals surface area contributed by atoms with Gasteiger partial charge in [-0.15, -0.1) is 0 Å². The van der Waals surface area contributed by atoms with Crippen LogP contribution in [0.1, 0.15) is 105 Å². The molecular weight excluding hydrogens is 530 g/mol. The summed E-state index contributed by atoms with van der Waals surface area (Å²) in [6, 6.07) is 0.506. The first-order chi connectivity index (χ1) is 19.9. The lowest BCUT2D eigenvalue weighted by molar-refractivity contribution is -0.202. The van der Waals surface area contributed by atoms with Crippen molar-refractivity contribution in [2.45, 2.75) is 123 Å². The fraction of sp³-hybridized carbons (Fsp3) is 0.941. The molecule has 0 aliphatic heterocycles.